The first-order chi connectivity index (χ1) is 7.72. The monoisotopic (exact) mass is 222 g/mol. The van der Waals surface area contributed by atoms with Crippen molar-refractivity contribution in [2.45, 2.75) is 33.3 Å². The normalized spacial score (nSPS) is 12.8. The summed E-state index contributed by atoms with van der Waals surface area (Å²) in [6.45, 7) is 8.47. The predicted molar refractivity (Wildman–Crippen MR) is 66.7 cm³/mol. The summed E-state index contributed by atoms with van der Waals surface area (Å²) in [7, 11) is 0. The van der Waals surface area contributed by atoms with E-state index in [4.69, 9.17) is 4.74 Å². The Morgan fingerprint density at radius 3 is 2.75 bits per heavy atom. The van der Waals surface area contributed by atoms with E-state index in [1.165, 1.54) is 0 Å². The zero-order chi connectivity index (χ0) is 11.8. The van der Waals surface area contributed by atoms with Crippen LogP contribution in [0.2, 0.25) is 0 Å². The van der Waals surface area contributed by atoms with Gasteiger partial charge in [-0.1, -0.05) is 20.8 Å². The van der Waals surface area contributed by atoms with Gasteiger partial charge in [0.25, 0.3) is 0 Å². The smallest absolute Gasteiger partial charge is 0.138 e. The average Bonchev–Trinajstić information content (AvgIpc) is 2.28. The predicted octanol–water partition coefficient (Wildman–Crippen LogP) is 2.48. The van der Waals surface area contributed by atoms with Crippen LogP contribution in [0.5, 0.6) is 5.75 Å². The van der Waals surface area contributed by atoms with Crippen molar-refractivity contribution >= 4 is 0 Å². The van der Waals surface area contributed by atoms with Crippen LogP contribution in [-0.2, 0) is 0 Å². The molecule has 3 nitrogen and oxygen atoms in total. The molecule has 1 N–H and O–H groups in total. The van der Waals surface area contributed by atoms with Crippen LogP contribution in [0, 0.1) is 5.92 Å². The first-order valence-corrected chi connectivity index (χ1v) is 5.99. The van der Waals surface area contributed by atoms with E-state index in [2.05, 4.69) is 31.1 Å². The molecule has 0 aliphatic heterocycles. The van der Waals surface area contributed by atoms with Gasteiger partial charge in [0.05, 0.1) is 6.20 Å². The Morgan fingerprint density at radius 2 is 2.19 bits per heavy atom. The Morgan fingerprint density at radius 1 is 1.38 bits per heavy atom. The lowest BCUT2D eigenvalue weighted by Crippen LogP contribution is -2.33. The Balaban J connectivity index is 2.32. The van der Waals surface area contributed by atoms with Gasteiger partial charge in [-0.2, -0.15) is 0 Å². The van der Waals surface area contributed by atoms with E-state index in [0.29, 0.717) is 5.92 Å². The number of pyridine rings is 1. The van der Waals surface area contributed by atoms with Crippen LogP contribution in [-0.4, -0.2) is 24.2 Å². The summed E-state index contributed by atoms with van der Waals surface area (Å²) in [4.78, 5) is 4.04. The zero-order valence-corrected chi connectivity index (χ0v) is 10.4. The highest BCUT2D eigenvalue weighted by molar-refractivity contribution is 5.15. The van der Waals surface area contributed by atoms with Gasteiger partial charge in [0, 0.05) is 12.7 Å². The summed E-state index contributed by atoms with van der Waals surface area (Å²) < 4.78 is 5.82. The van der Waals surface area contributed by atoms with Gasteiger partial charge < -0.3 is 10.1 Å². The molecule has 0 spiro atoms. The van der Waals surface area contributed by atoms with Crippen LogP contribution >= 0.6 is 0 Å². The van der Waals surface area contributed by atoms with Crippen LogP contribution in [0.25, 0.3) is 0 Å². The van der Waals surface area contributed by atoms with E-state index in [9.17, 15) is 0 Å². The molecule has 0 saturated heterocycles. The third-order valence-corrected chi connectivity index (χ3v) is 2.32. The molecule has 1 aromatic rings. The highest BCUT2D eigenvalue weighted by atomic mass is 16.5. The third-order valence-electron chi connectivity index (χ3n) is 2.32. The quantitative estimate of drug-likeness (QED) is 0.769. The lowest BCUT2D eigenvalue weighted by Gasteiger charge is -2.18. The van der Waals surface area contributed by atoms with Crippen molar-refractivity contribution in [3.8, 4) is 5.75 Å². The van der Waals surface area contributed by atoms with Crippen molar-refractivity contribution in [2.24, 2.45) is 5.92 Å². The van der Waals surface area contributed by atoms with E-state index in [1.54, 1.807) is 12.4 Å². The second-order valence-corrected chi connectivity index (χ2v) is 4.39. The first-order valence-electron chi connectivity index (χ1n) is 5.99. The molecule has 0 aliphatic carbocycles. The van der Waals surface area contributed by atoms with Crippen molar-refractivity contribution < 1.29 is 4.74 Å². The molecule has 1 unspecified atom stereocenters. The van der Waals surface area contributed by atoms with Crippen LogP contribution in [0.1, 0.15) is 27.2 Å². The van der Waals surface area contributed by atoms with Crippen molar-refractivity contribution in [3.63, 3.8) is 0 Å². The molecule has 1 heterocycles. The third kappa shape index (κ3) is 5.12. The molecular formula is C13H22N2O. The Bertz CT molecular complexity index is 275. The SMILES string of the molecule is CCC(CNCC(C)C)Oc1cccnc1. The number of rotatable bonds is 7. The molecule has 0 radical (unpaired) electrons. The molecule has 0 saturated carbocycles. The van der Waals surface area contributed by atoms with Crippen molar-refractivity contribution in [1.82, 2.24) is 10.3 Å². The maximum absolute atomic E-state index is 5.82. The number of nitrogens with zero attached hydrogens (tertiary/aromatic N) is 1. The maximum Gasteiger partial charge on any atom is 0.138 e. The van der Waals surface area contributed by atoms with Crippen molar-refractivity contribution in [1.29, 1.82) is 0 Å². The molecule has 16 heavy (non-hydrogen) atoms. The van der Waals surface area contributed by atoms with E-state index in [-0.39, 0.29) is 6.10 Å². The van der Waals surface area contributed by atoms with Crippen molar-refractivity contribution in [2.75, 3.05) is 13.1 Å². The number of nitrogens with one attached hydrogen (secondary N) is 1. The summed E-state index contributed by atoms with van der Waals surface area (Å²) in [5, 5.41) is 3.41. The van der Waals surface area contributed by atoms with Gasteiger partial charge >= 0.3 is 0 Å². The average molecular weight is 222 g/mol. The lowest BCUT2D eigenvalue weighted by atomic mass is 10.2. The summed E-state index contributed by atoms with van der Waals surface area (Å²) in [5.74, 6) is 1.52. The van der Waals surface area contributed by atoms with Crippen LogP contribution in [0.15, 0.2) is 24.5 Å². The first kappa shape index (κ1) is 13.0. The van der Waals surface area contributed by atoms with Gasteiger partial charge in [-0.25, -0.2) is 0 Å². The minimum atomic E-state index is 0.225. The standard InChI is InChI=1S/C13H22N2O/c1-4-12(9-15-8-11(2)3)16-13-6-5-7-14-10-13/h5-7,10-12,15H,4,8-9H2,1-3H3. The van der Waals surface area contributed by atoms with Gasteiger partial charge in [0.2, 0.25) is 0 Å². The van der Waals surface area contributed by atoms with Gasteiger partial charge in [-0.05, 0) is 31.0 Å². The Labute approximate surface area is 98.2 Å². The van der Waals surface area contributed by atoms with Gasteiger partial charge in [-0.3, -0.25) is 4.98 Å². The Kier molecular flexibility index (Phi) is 5.86. The molecule has 0 aliphatic rings. The second kappa shape index (κ2) is 7.23. The molecule has 90 valence electrons. The summed E-state index contributed by atoms with van der Waals surface area (Å²) in [5.41, 5.74) is 0. The highest BCUT2D eigenvalue weighted by Crippen LogP contribution is 2.10. The largest absolute Gasteiger partial charge is 0.488 e. The number of ether oxygens (including phenoxy) is 1. The number of hydrogen-bond donors (Lipinski definition) is 1. The summed E-state index contributed by atoms with van der Waals surface area (Å²) in [6, 6.07) is 3.84. The fraction of sp³-hybridized carbons (Fsp3) is 0.615. The van der Waals surface area contributed by atoms with Crippen LogP contribution in [0.4, 0.5) is 0 Å². The maximum atomic E-state index is 5.82. The molecule has 0 amide bonds. The molecule has 1 rings (SSSR count). The molecule has 0 aromatic carbocycles. The Hall–Kier alpha value is -1.09. The summed E-state index contributed by atoms with van der Waals surface area (Å²) in [6.07, 6.45) is 4.73. The topological polar surface area (TPSA) is 34.1 Å². The summed E-state index contributed by atoms with van der Waals surface area (Å²) >= 11 is 0. The molecule has 1 atom stereocenters. The van der Waals surface area contributed by atoms with Gasteiger partial charge in [0.1, 0.15) is 11.9 Å². The molecular weight excluding hydrogens is 200 g/mol. The zero-order valence-electron chi connectivity index (χ0n) is 10.4. The van der Waals surface area contributed by atoms with Crippen molar-refractivity contribution in [3.05, 3.63) is 24.5 Å². The fourth-order valence-electron chi connectivity index (χ4n) is 1.41. The van der Waals surface area contributed by atoms with Crippen LogP contribution < -0.4 is 10.1 Å². The minimum absolute atomic E-state index is 0.225. The molecule has 0 fully saturated rings. The molecule has 1 aromatic heterocycles. The van der Waals surface area contributed by atoms with Gasteiger partial charge in [0.15, 0.2) is 0 Å². The fourth-order valence-corrected chi connectivity index (χ4v) is 1.41. The molecule has 3 heteroatoms. The van der Waals surface area contributed by atoms with E-state index in [0.717, 1.165) is 25.3 Å². The minimum Gasteiger partial charge on any atom is -0.488 e. The molecule has 0 bridgehead atoms. The number of aromatic nitrogens is 1. The number of hydrogen-bond acceptors (Lipinski definition) is 3. The highest BCUT2D eigenvalue weighted by Gasteiger charge is 2.07. The lowest BCUT2D eigenvalue weighted by molar-refractivity contribution is 0.191. The van der Waals surface area contributed by atoms with E-state index in [1.807, 2.05) is 12.1 Å². The van der Waals surface area contributed by atoms with Gasteiger partial charge in [-0.15, -0.1) is 0 Å². The second-order valence-electron chi connectivity index (χ2n) is 4.39. The van der Waals surface area contributed by atoms with E-state index >= 15 is 0 Å². The van der Waals surface area contributed by atoms with Crippen LogP contribution in [0.3, 0.4) is 0 Å². The van der Waals surface area contributed by atoms with E-state index < -0.39 is 0 Å².